The number of anilines is 1. The van der Waals surface area contributed by atoms with Crippen molar-refractivity contribution >= 4 is 22.8 Å². The average Bonchev–Trinajstić information content (AvgIpc) is 3.29. The van der Waals surface area contributed by atoms with Crippen LogP contribution in [0.15, 0.2) is 109 Å². The molecule has 0 saturated carbocycles. The summed E-state index contributed by atoms with van der Waals surface area (Å²) in [5, 5.41) is 8.53. The zero-order chi connectivity index (χ0) is 25.2. The van der Waals surface area contributed by atoms with Crippen molar-refractivity contribution in [1.29, 1.82) is 0 Å². The topological polar surface area (TPSA) is 69.0 Å². The predicted molar refractivity (Wildman–Crippen MR) is 142 cm³/mol. The van der Waals surface area contributed by atoms with Crippen LogP contribution in [0.2, 0.25) is 0 Å². The highest BCUT2D eigenvalue weighted by molar-refractivity contribution is 5.88. The predicted octanol–water partition coefficient (Wildman–Crippen LogP) is 6.62. The van der Waals surface area contributed by atoms with E-state index in [1.54, 1.807) is 6.20 Å². The van der Waals surface area contributed by atoms with Crippen molar-refractivity contribution in [3.63, 3.8) is 0 Å². The van der Waals surface area contributed by atoms with Gasteiger partial charge >= 0.3 is 6.09 Å². The molecule has 0 bridgehead atoms. The van der Waals surface area contributed by atoms with Gasteiger partial charge in [-0.3, -0.25) is 5.32 Å². The third kappa shape index (κ3) is 4.33. The first-order valence-corrected chi connectivity index (χ1v) is 11.9. The van der Waals surface area contributed by atoms with Crippen LogP contribution in [0.3, 0.4) is 0 Å². The molecule has 2 heterocycles. The largest absolute Gasteiger partial charge is 0.444 e. The maximum absolute atomic E-state index is 12.5. The summed E-state index contributed by atoms with van der Waals surface area (Å²) < 4.78 is 7.45. The Morgan fingerprint density at radius 2 is 1.28 bits per heavy atom. The van der Waals surface area contributed by atoms with E-state index in [2.05, 4.69) is 46.7 Å². The summed E-state index contributed by atoms with van der Waals surface area (Å²) >= 11 is 0. The maximum Gasteiger partial charge on any atom is 0.413 e. The van der Waals surface area contributed by atoms with Crippen LogP contribution >= 0.6 is 0 Å². The number of pyridine rings is 1. The quantitative estimate of drug-likeness (QED) is 0.290. The highest BCUT2D eigenvalue weighted by atomic mass is 16.6. The molecule has 0 unspecified atom stereocenters. The van der Waals surface area contributed by atoms with E-state index in [9.17, 15) is 4.79 Å². The van der Waals surface area contributed by atoms with Crippen LogP contribution in [0.25, 0.3) is 10.9 Å². The van der Waals surface area contributed by atoms with Gasteiger partial charge in [-0.15, -0.1) is 0 Å². The van der Waals surface area contributed by atoms with Crippen molar-refractivity contribution in [1.82, 2.24) is 14.8 Å². The number of ether oxygens (including phenoxy) is 1. The van der Waals surface area contributed by atoms with Crippen molar-refractivity contribution in [2.24, 2.45) is 0 Å². The van der Waals surface area contributed by atoms with Gasteiger partial charge in [0.2, 0.25) is 0 Å². The molecule has 3 aromatic carbocycles. The Morgan fingerprint density at radius 3 is 1.75 bits per heavy atom. The molecular weight excluding hydrogens is 448 g/mol. The second-order valence-corrected chi connectivity index (χ2v) is 9.62. The summed E-state index contributed by atoms with van der Waals surface area (Å²) in [6, 6.07) is 32.8. The van der Waals surface area contributed by atoms with E-state index in [1.165, 1.54) is 0 Å². The summed E-state index contributed by atoms with van der Waals surface area (Å²) in [6.45, 7) is 5.48. The molecule has 0 atom stereocenters. The van der Waals surface area contributed by atoms with Crippen molar-refractivity contribution in [2.45, 2.75) is 31.9 Å². The van der Waals surface area contributed by atoms with Crippen molar-refractivity contribution < 1.29 is 9.53 Å². The van der Waals surface area contributed by atoms with Crippen LogP contribution in [-0.4, -0.2) is 26.5 Å². The van der Waals surface area contributed by atoms with Gasteiger partial charge in [-0.1, -0.05) is 91.0 Å². The van der Waals surface area contributed by atoms with Gasteiger partial charge in [0.05, 0.1) is 11.7 Å². The first-order valence-electron chi connectivity index (χ1n) is 11.9. The minimum Gasteiger partial charge on any atom is -0.444 e. The molecule has 36 heavy (non-hydrogen) atoms. The maximum atomic E-state index is 12.5. The zero-order valence-electron chi connectivity index (χ0n) is 20.6. The summed E-state index contributed by atoms with van der Waals surface area (Å²) in [5.41, 5.74) is 2.63. The highest BCUT2D eigenvalue weighted by Crippen LogP contribution is 2.42. The van der Waals surface area contributed by atoms with Crippen LogP contribution in [0, 0.1) is 0 Å². The van der Waals surface area contributed by atoms with Gasteiger partial charge in [-0.05, 0) is 37.5 Å². The van der Waals surface area contributed by atoms with E-state index in [-0.39, 0.29) is 0 Å². The second-order valence-electron chi connectivity index (χ2n) is 9.62. The molecule has 0 saturated heterocycles. The van der Waals surface area contributed by atoms with Crippen molar-refractivity contribution in [3.05, 3.63) is 126 Å². The number of rotatable bonds is 5. The molecule has 0 fully saturated rings. The Labute approximate surface area is 210 Å². The van der Waals surface area contributed by atoms with Gasteiger partial charge in [-0.2, -0.15) is 5.10 Å². The number of benzene rings is 3. The number of nitrogens with one attached hydrogen (secondary N) is 1. The summed E-state index contributed by atoms with van der Waals surface area (Å²) in [7, 11) is 0. The third-order valence-corrected chi connectivity index (χ3v) is 5.97. The molecule has 1 N–H and O–H groups in total. The number of hydrogen-bond acceptors (Lipinski definition) is 4. The minimum absolute atomic E-state index is 0.390. The molecule has 0 radical (unpaired) electrons. The Hall–Kier alpha value is -4.45. The lowest BCUT2D eigenvalue weighted by atomic mass is 9.77. The average molecular weight is 477 g/mol. The summed E-state index contributed by atoms with van der Waals surface area (Å²) in [6.07, 6.45) is 2.97. The number of hydrogen-bond donors (Lipinski definition) is 1. The molecule has 5 aromatic rings. The fourth-order valence-electron chi connectivity index (χ4n) is 4.57. The van der Waals surface area contributed by atoms with Crippen molar-refractivity contribution in [3.8, 4) is 0 Å². The van der Waals surface area contributed by atoms with Crippen LogP contribution in [0.4, 0.5) is 10.6 Å². The van der Waals surface area contributed by atoms with Gasteiger partial charge in [0.25, 0.3) is 0 Å². The molecule has 0 aliphatic rings. The molecule has 0 aliphatic heterocycles. The Bertz CT molecular complexity index is 1380. The molecular formula is C30H28N4O2. The Balaban J connectivity index is 1.76. The lowest BCUT2D eigenvalue weighted by Crippen LogP contribution is -2.38. The molecule has 0 aliphatic carbocycles. The molecule has 2 aromatic heterocycles. The van der Waals surface area contributed by atoms with Gasteiger partial charge in [0.15, 0.2) is 0 Å². The number of aromatic nitrogens is 3. The van der Waals surface area contributed by atoms with Gasteiger partial charge < -0.3 is 4.74 Å². The lowest BCUT2D eigenvalue weighted by molar-refractivity contribution is 0.0635. The van der Waals surface area contributed by atoms with Gasteiger partial charge in [-0.25, -0.2) is 14.5 Å². The first kappa shape index (κ1) is 23.3. The molecule has 6 heteroatoms. The summed E-state index contributed by atoms with van der Waals surface area (Å²) in [4.78, 5) is 16.9. The smallest absolute Gasteiger partial charge is 0.413 e. The van der Waals surface area contributed by atoms with Crippen LogP contribution < -0.4 is 5.32 Å². The van der Waals surface area contributed by atoms with E-state index in [0.29, 0.717) is 5.82 Å². The van der Waals surface area contributed by atoms with Crippen LogP contribution in [-0.2, 0) is 10.3 Å². The normalized spacial score (nSPS) is 11.9. The molecule has 180 valence electrons. The SMILES string of the molecule is CC(C)(C)OC(=O)Nc1cc2c(cn1)cnn2C(c1ccccc1)(c1ccccc1)c1ccccc1. The van der Waals surface area contributed by atoms with E-state index in [4.69, 9.17) is 9.84 Å². The molecule has 6 nitrogen and oxygen atoms in total. The van der Waals surface area contributed by atoms with Gasteiger partial charge in [0.1, 0.15) is 17.0 Å². The molecule has 1 amide bonds. The number of amides is 1. The first-order chi connectivity index (χ1) is 17.4. The standard InChI is InChI=1S/C30H28N4O2/c1-29(2,3)36-28(35)33-27-19-26-22(20-31-27)21-32-34(26)30(23-13-7-4-8-14-23,24-15-9-5-10-16-24)25-17-11-6-12-18-25/h4-21H,1-3H3,(H,31,33,35). The lowest BCUT2D eigenvalue weighted by Gasteiger charge is -2.37. The minimum atomic E-state index is -0.768. The van der Waals surface area contributed by atoms with E-state index < -0.39 is 17.2 Å². The molecule has 5 rings (SSSR count). The molecule has 0 spiro atoms. The van der Waals surface area contributed by atoms with E-state index in [1.807, 2.05) is 92.3 Å². The van der Waals surface area contributed by atoms with Gasteiger partial charge in [0, 0.05) is 17.6 Å². The third-order valence-electron chi connectivity index (χ3n) is 5.97. The van der Waals surface area contributed by atoms with Crippen molar-refractivity contribution in [2.75, 3.05) is 5.32 Å². The summed E-state index contributed by atoms with van der Waals surface area (Å²) in [5.74, 6) is 0.390. The van der Waals surface area contributed by atoms with Crippen LogP contribution in [0.5, 0.6) is 0 Å². The second kappa shape index (κ2) is 9.30. The zero-order valence-corrected chi connectivity index (χ0v) is 20.6. The number of carbonyl (C=O) groups excluding carboxylic acids is 1. The Kier molecular flexibility index (Phi) is 6.02. The fraction of sp³-hybridized carbons (Fsp3) is 0.167. The fourth-order valence-corrected chi connectivity index (χ4v) is 4.57. The highest BCUT2D eigenvalue weighted by Gasteiger charge is 2.40. The number of carbonyl (C=O) groups is 1. The number of fused-ring (bicyclic) bond motifs is 1. The van der Waals surface area contributed by atoms with E-state index >= 15 is 0 Å². The number of nitrogens with zero attached hydrogens (tertiary/aromatic N) is 3. The van der Waals surface area contributed by atoms with Crippen LogP contribution in [0.1, 0.15) is 37.5 Å². The van der Waals surface area contributed by atoms with E-state index in [0.717, 1.165) is 27.6 Å². The Morgan fingerprint density at radius 1 is 0.778 bits per heavy atom. The monoisotopic (exact) mass is 476 g/mol.